The summed E-state index contributed by atoms with van der Waals surface area (Å²) in [5.74, 6) is 0.996. The van der Waals surface area contributed by atoms with Crippen molar-refractivity contribution in [1.29, 1.82) is 0 Å². The number of hydrogen-bond donors (Lipinski definition) is 1. The van der Waals surface area contributed by atoms with Crippen LogP contribution >= 0.6 is 0 Å². The number of ether oxygens (including phenoxy) is 2. The molecule has 3 rings (SSSR count). The number of methoxy groups -OCH3 is 2. The number of nitrogens with zero attached hydrogens (tertiary/aromatic N) is 1. The molecule has 0 atom stereocenters. The number of amides is 1. The quantitative estimate of drug-likeness (QED) is 0.424. The second kappa shape index (κ2) is 10.8. The van der Waals surface area contributed by atoms with Crippen LogP contribution in [0.1, 0.15) is 16.7 Å². The first-order valence-corrected chi connectivity index (χ1v) is 9.72. The third-order valence-electron chi connectivity index (χ3n) is 4.55. The summed E-state index contributed by atoms with van der Waals surface area (Å²) in [5, 5.41) is 1.90. The SMILES string of the molecule is COc1cccc(/C=C/C(=O)NN(Cc2ccccc2)Cc2ccccc2)c1OC. The lowest BCUT2D eigenvalue weighted by molar-refractivity contribution is -0.121. The largest absolute Gasteiger partial charge is 0.493 e. The van der Waals surface area contributed by atoms with Gasteiger partial charge in [0.1, 0.15) is 0 Å². The number of carbonyl (C=O) groups excluding carboxylic acids is 1. The van der Waals surface area contributed by atoms with Crippen molar-refractivity contribution in [3.63, 3.8) is 0 Å². The van der Waals surface area contributed by atoms with E-state index in [2.05, 4.69) is 5.43 Å². The van der Waals surface area contributed by atoms with E-state index in [9.17, 15) is 4.79 Å². The van der Waals surface area contributed by atoms with Gasteiger partial charge in [0.2, 0.25) is 0 Å². The molecule has 5 nitrogen and oxygen atoms in total. The van der Waals surface area contributed by atoms with Gasteiger partial charge < -0.3 is 9.47 Å². The van der Waals surface area contributed by atoms with Gasteiger partial charge in [-0.2, -0.15) is 0 Å². The molecular weight excluding hydrogens is 376 g/mol. The van der Waals surface area contributed by atoms with Crippen molar-refractivity contribution in [2.45, 2.75) is 13.1 Å². The van der Waals surface area contributed by atoms with E-state index in [1.807, 2.05) is 83.9 Å². The molecule has 0 aliphatic heterocycles. The molecule has 0 spiro atoms. The minimum absolute atomic E-state index is 0.216. The van der Waals surface area contributed by atoms with E-state index in [0.717, 1.165) is 16.7 Å². The van der Waals surface area contributed by atoms with Gasteiger partial charge >= 0.3 is 0 Å². The second-order valence-corrected chi connectivity index (χ2v) is 6.72. The Bertz CT molecular complexity index is 931. The highest BCUT2D eigenvalue weighted by molar-refractivity contribution is 5.92. The normalized spacial score (nSPS) is 10.9. The van der Waals surface area contributed by atoms with Crippen molar-refractivity contribution < 1.29 is 14.3 Å². The van der Waals surface area contributed by atoms with E-state index in [-0.39, 0.29) is 5.91 Å². The molecule has 0 aliphatic carbocycles. The zero-order valence-electron chi connectivity index (χ0n) is 17.2. The van der Waals surface area contributed by atoms with E-state index < -0.39 is 0 Å². The average molecular weight is 402 g/mol. The molecule has 0 aliphatic rings. The van der Waals surface area contributed by atoms with E-state index in [4.69, 9.17) is 9.47 Å². The Hall–Kier alpha value is -3.57. The summed E-state index contributed by atoms with van der Waals surface area (Å²) in [5.41, 5.74) is 5.99. The zero-order chi connectivity index (χ0) is 21.2. The lowest BCUT2D eigenvalue weighted by Crippen LogP contribution is -2.40. The predicted molar refractivity (Wildman–Crippen MR) is 119 cm³/mol. The molecule has 1 amide bonds. The first kappa shape index (κ1) is 21.1. The second-order valence-electron chi connectivity index (χ2n) is 6.72. The molecule has 1 N–H and O–H groups in total. The number of para-hydroxylation sites is 1. The molecule has 0 bridgehead atoms. The standard InChI is InChI=1S/C25H26N2O3/c1-29-23-15-9-14-22(25(23)30-2)16-17-24(28)26-27(18-20-10-5-3-6-11-20)19-21-12-7-4-8-13-21/h3-17H,18-19H2,1-2H3,(H,26,28)/b17-16+. The van der Waals surface area contributed by atoms with Crippen LogP contribution in [0.4, 0.5) is 0 Å². The van der Waals surface area contributed by atoms with Gasteiger partial charge in [0.05, 0.1) is 14.2 Å². The number of nitrogens with one attached hydrogen (secondary N) is 1. The van der Waals surface area contributed by atoms with E-state index in [0.29, 0.717) is 24.6 Å². The van der Waals surface area contributed by atoms with Crippen LogP contribution < -0.4 is 14.9 Å². The first-order chi connectivity index (χ1) is 14.7. The highest BCUT2D eigenvalue weighted by Gasteiger charge is 2.11. The van der Waals surface area contributed by atoms with Crippen molar-refractivity contribution >= 4 is 12.0 Å². The fourth-order valence-corrected chi connectivity index (χ4v) is 3.14. The molecule has 0 saturated carbocycles. The van der Waals surface area contributed by atoms with E-state index >= 15 is 0 Å². The fourth-order valence-electron chi connectivity index (χ4n) is 3.14. The minimum atomic E-state index is -0.216. The molecule has 0 saturated heterocycles. The molecule has 0 radical (unpaired) electrons. The molecule has 3 aromatic rings. The van der Waals surface area contributed by atoms with Crippen LogP contribution in [0.25, 0.3) is 6.08 Å². The third-order valence-corrected chi connectivity index (χ3v) is 4.55. The highest BCUT2D eigenvalue weighted by Crippen LogP contribution is 2.31. The van der Waals surface area contributed by atoms with Gasteiger partial charge in [0.15, 0.2) is 11.5 Å². The summed E-state index contributed by atoms with van der Waals surface area (Å²) in [6.07, 6.45) is 3.22. The zero-order valence-corrected chi connectivity index (χ0v) is 17.2. The van der Waals surface area contributed by atoms with Crippen LogP contribution in [-0.2, 0) is 17.9 Å². The highest BCUT2D eigenvalue weighted by atomic mass is 16.5. The van der Waals surface area contributed by atoms with Crippen molar-refractivity contribution in [3.8, 4) is 11.5 Å². The van der Waals surface area contributed by atoms with Gasteiger partial charge in [0, 0.05) is 24.7 Å². The molecule has 3 aromatic carbocycles. The molecule has 0 aromatic heterocycles. The van der Waals surface area contributed by atoms with Gasteiger partial charge in [0.25, 0.3) is 5.91 Å². The van der Waals surface area contributed by atoms with Crippen molar-refractivity contribution in [2.75, 3.05) is 14.2 Å². The molecule has 0 unspecified atom stereocenters. The number of carbonyl (C=O) groups is 1. The lowest BCUT2D eigenvalue weighted by atomic mass is 10.1. The average Bonchev–Trinajstić information content (AvgIpc) is 2.78. The predicted octanol–water partition coefficient (Wildman–Crippen LogP) is 4.45. The molecule has 30 heavy (non-hydrogen) atoms. The Morgan fingerprint density at radius 1 is 0.833 bits per heavy atom. The van der Waals surface area contributed by atoms with Gasteiger partial charge in [-0.25, -0.2) is 5.01 Å². The maximum absolute atomic E-state index is 12.6. The summed E-state index contributed by atoms with van der Waals surface area (Å²) >= 11 is 0. The van der Waals surface area contributed by atoms with Gasteiger partial charge in [-0.3, -0.25) is 10.2 Å². The Balaban J connectivity index is 1.73. The van der Waals surface area contributed by atoms with Crippen LogP contribution in [0.15, 0.2) is 84.9 Å². The number of rotatable bonds is 9. The van der Waals surface area contributed by atoms with Crippen molar-refractivity contribution in [2.24, 2.45) is 0 Å². The number of hydrogen-bond acceptors (Lipinski definition) is 4. The fraction of sp³-hybridized carbons (Fsp3) is 0.160. The van der Waals surface area contributed by atoms with Crippen LogP contribution in [0, 0.1) is 0 Å². The Labute approximate surface area is 177 Å². The van der Waals surface area contributed by atoms with E-state index in [1.165, 1.54) is 6.08 Å². The molecule has 5 heteroatoms. The van der Waals surface area contributed by atoms with Crippen LogP contribution in [0.5, 0.6) is 11.5 Å². The minimum Gasteiger partial charge on any atom is -0.493 e. The van der Waals surface area contributed by atoms with Crippen molar-refractivity contribution in [3.05, 3.63) is 102 Å². The van der Waals surface area contributed by atoms with Gasteiger partial charge in [-0.05, 0) is 23.3 Å². The third kappa shape index (κ3) is 5.96. The first-order valence-electron chi connectivity index (χ1n) is 9.72. The van der Waals surface area contributed by atoms with E-state index in [1.54, 1.807) is 20.3 Å². The smallest absolute Gasteiger partial charge is 0.258 e. The molecule has 154 valence electrons. The lowest BCUT2D eigenvalue weighted by Gasteiger charge is -2.23. The number of hydrazine groups is 1. The summed E-state index contributed by atoms with van der Waals surface area (Å²) in [7, 11) is 3.17. The van der Waals surface area contributed by atoms with Crippen LogP contribution in [-0.4, -0.2) is 25.1 Å². The summed E-state index contributed by atoms with van der Waals surface area (Å²) in [6.45, 7) is 1.19. The molecule has 0 heterocycles. The Morgan fingerprint density at radius 3 is 1.97 bits per heavy atom. The maximum Gasteiger partial charge on any atom is 0.258 e. The van der Waals surface area contributed by atoms with Crippen molar-refractivity contribution in [1.82, 2.24) is 10.4 Å². The maximum atomic E-state index is 12.6. The Kier molecular flexibility index (Phi) is 7.64. The summed E-state index contributed by atoms with van der Waals surface area (Å²) in [4.78, 5) is 12.6. The molecular formula is C25H26N2O3. The van der Waals surface area contributed by atoms with Gasteiger partial charge in [-0.15, -0.1) is 0 Å². The van der Waals surface area contributed by atoms with Crippen LogP contribution in [0.2, 0.25) is 0 Å². The van der Waals surface area contributed by atoms with Crippen LogP contribution in [0.3, 0.4) is 0 Å². The Morgan fingerprint density at radius 2 is 1.43 bits per heavy atom. The summed E-state index contributed by atoms with van der Waals surface area (Å²) in [6, 6.07) is 25.6. The van der Waals surface area contributed by atoms with Gasteiger partial charge in [-0.1, -0.05) is 72.8 Å². The number of benzene rings is 3. The summed E-state index contributed by atoms with van der Waals surface area (Å²) < 4.78 is 10.7. The monoisotopic (exact) mass is 402 g/mol. The molecule has 0 fully saturated rings. The topological polar surface area (TPSA) is 50.8 Å².